The monoisotopic (exact) mass is 250 g/mol. The van der Waals surface area contributed by atoms with E-state index in [1.807, 2.05) is 6.92 Å². The second kappa shape index (κ2) is 5.77. The van der Waals surface area contributed by atoms with E-state index in [1.165, 1.54) is 6.20 Å². The number of hydrogen-bond donors (Lipinski definition) is 2. The second-order valence-corrected chi connectivity index (χ2v) is 4.41. The van der Waals surface area contributed by atoms with Gasteiger partial charge in [-0.15, -0.1) is 0 Å². The van der Waals surface area contributed by atoms with Crippen molar-refractivity contribution in [3.05, 3.63) is 18.1 Å². The highest BCUT2D eigenvalue weighted by Gasteiger charge is 2.27. The van der Waals surface area contributed by atoms with Crippen LogP contribution in [0.3, 0.4) is 0 Å². The number of aliphatic hydroxyl groups is 1. The first-order chi connectivity index (χ1) is 8.74. The van der Waals surface area contributed by atoms with Crippen molar-refractivity contribution in [1.29, 1.82) is 0 Å². The Morgan fingerprint density at radius 3 is 2.94 bits per heavy atom. The summed E-state index contributed by atoms with van der Waals surface area (Å²) in [7, 11) is 0. The van der Waals surface area contributed by atoms with E-state index in [2.05, 4.69) is 15.3 Å². The minimum atomic E-state index is -0.110. The average Bonchev–Trinajstić information content (AvgIpc) is 2.88. The largest absolute Gasteiger partial charge is 0.396 e. The first-order valence-electron chi connectivity index (χ1n) is 6.20. The van der Waals surface area contributed by atoms with Crippen LogP contribution in [0, 0.1) is 5.92 Å². The van der Waals surface area contributed by atoms with E-state index >= 15 is 0 Å². The highest BCUT2D eigenvalue weighted by Crippen LogP contribution is 2.17. The summed E-state index contributed by atoms with van der Waals surface area (Å²) in [5.41, 5.74) is 0.357. The summed E-state index contributed by atoms with van der Waals surface area (Å²) < 4.78 is 0. The van der Waals surface area contributed by atoms with E-state index in [9.17, 15) is 4.79 Å². The molecule has 1 saturated heterocycles. The van der Waals surface area contributed by atoms with Gasteiger partial charge in [-0.1, -0.05) is 0 Å². The molecule has 0 radical (unpaired) electrons. The Balaban J connectivity index is 2.00. The van der Waals surface area contributed by atoms with Gasteiger partial charge in [-0.05, 0) is 13.3 Å². The highest BCUT2D eigenvalue weighted by molar-refractivity contribution is 5.92. The van der Waals surface area contributed by atoms with Crippen LogP contribution in [0.15, 0.2) is 12.4 Å². The van der Waals surface area contributed by atoms with Gasteiger partial charge >= 0.3 is 0 Å². The van der Waals surface area contributed by atoms with E-state index in [1.54, 1.807) is 11.1 Å². The molecule has 2 rings (SSSR count). The Morgan fingerprint density at radius 1 is 1.56 bits per heavy atom. The zero-order chi connectivity index (χ0) is 13.0. The fraction of sp³-hybridized carbons (Fsp3) is 0.583. The summed E-state index contributed by atoms with van der Waals surface area (Å²) in [5, 5.41) is 12.1. The molecule has 0 aliphatic carbocycles. The second-order valence-electron chi connectivity index (χ2n) is 4.41. The van der Waals surface area contributed by atoms with Gasteiger partial charge in [-0.2, -0.15) is 0 Å². The molecule has 2 heterocycles. The van der Waals surface area contributed by atoms with Crippen LogP contribution in [0.4, 0.5) is 5.82 Å². The first-order valence-corrected chi connectivity index (χ1v) is 6.20. The summed E-state index contributed by atoms with van der Waals surface area (Å²) in [5.74, 6) is 0.758. The summed E-state index contributed by atoms with van der Waals surface area (Å²) in [6.07, 6.45) is 3.91. The summed E-state index contributed by atoms with van der Waals surface area (Å²) >= 11 is 0. The molecule has 0 spiro atoms. The smallest absolute Gasteiger partial charge is 0.274 e. The number of carbonyl (C=O) groups excluding carboxylic acids is 1. The normalized spacial score (nSPS) is 19.0. The minimum absolute atomic E-state index is 0.110. The summed E-state index contributed by atoms with van der Waals surface area (Å²) in [6, 6.07) is 0. The van der Waals surface area contributed by atoms with Gasteiger partial charge in [0.25, 0.3) is 5.91 Å². The number of rotatable bonds is 4. The maximum Gasteiger partial charge on any atom is 0.274 e. The maximum absolute atomic E-state index is 12.1. The molecule has 1 aliphatic heterocycles. The quantitative estimate of drug-likeness (QED) is 0.807. The van der Waals surface area contributed by atoms with E-state index in [4.69, 9.17) is 5.11 Å². The average molecular weight is 250 g/mol. The third-order valence-corrected chi connectivity index (χ3v) is 3.06. The molecule has 2 N–H and O–H groups in total. The van der Waals surface area contributed by atoms with Crippen molar-refractivity contribution in [2.24, 2.45) is 5.92 Å². The van der Waals surface area contributed by atoms with E-state index < -0.39 is 0 Å². The topological polar surface area (TPSA) is 78.4 Å². The summed E-state index contributed by atoms with van der Waals surface area (Å²) in [4.78, 5) is 22.1. The fourth-order valence-corrected chi connectivity index (χ4v) is 2.04. The zero-order valence-corrected chi connectivity index (χ0v) is 10.5. The van der Waals surface area contributed by atoms with Gasteiger partial charge in [0.1, 0.15) is 11.5 Å². The molecule has 6 heteroatoms. The number of nitrogens with one attached hydrogen (secondary N) is 1. The molecule has 1 unspecified atom stereocenters. The third kappa shape index (κ3) is 2.76. The van der Waals surface area contributed by atoms with Crippen LogP contribution in [0.25, 0.3) is 0 Å². The van der Waals surface area contributed by atoms with Crippen molar-refractivity contribution in [3.63, 3.8) is 0 Å². The lowest BCUT2D eigenvalue weighted by molar-refractivity contribution is 0.0775. The van der Waals surface area contributed by atoms with Crippen LogP contribution in [0.2, 0.25) is 0 Å². The number of aliphatic hydroxyl groups excluding tert-OH is 1. The zero-order valence-electron chi connectivity index (χ0n) is 10.5. The molecule has 1 aromatic rings. The molecule has 1 aromatic heterocycles. The molecule has 0 saturated carbocycles. The molecule has 6 nitrogen and oxygen atoms in total. The molecule has 98 valence electrons. The Labute approximate surface area is 106 Å². The van der Waals surface area contributed by atoms with Gasteiger partial charge in [0.2, 0.25) is 0 Å². The number of hydrogen-bond acceptors (Lipinski definition) is 5. The Bertz CT molecular complexity index is 407. The SMILES string of the molecule is CCNc1cnc(C(=O)N2CCC(CO)C2)cn1. The van der Waals surface area contributed by atoms with Crippen molar-refractivity contribution in [2.45, 2.75) is 13.3 Å². The standard InChI is InChI=1S/C12H18N4O2/c1-2-13-11-6-14-10(5-15-11)12(18)16-4-3-9(7-16)8-17/h5-6,9,17H,2-4,7-8H2,1H3,(H,13,15). The summed E-state index contributed by atoms with van der Waals surface area (Å²) in [6.45, 7) is 4.16. The maximum atomic E-state index is 12.1. The van der Waals surface area contributed by atoms with Crippen LogP contribution in [-0.4, -0.2) is 52.1 Å². The number of aromatic nitrogens is 2. The molecular weight excluding hydrogens is 232 g/mol. The highest BCUT2D eigenvalue weighted by atomic mass is 16.3. The molecule has 1 aliphatic rings. The fourth-order valence-electron chi connectivity index (χ4n) is 2.04. The van der Waals surface area contributed by atoms with Crippen LogP contribution in [0.1, 0.15) is 23.8 Å². The Hall–Kier alpha value is -1.69. The van der Waals surface area contributed by atoms with Crippen molar-refractivity contribution < 1.29 is 9.90 Å². The Morgan fingerprint density at radius 2 is 2.39 bits per heavy atom. The lowest BCUT2D eigenvalue weighted by Crippen LogP contribution is -2.30. The molecule has 1 fully saturated rings. The predicted molar refractivity (Wildman–Crippen MR) is 67.3 cm³/mol. The van der Waals surface area contributed by atoms with Crippen LogP contribution < -0.4 is 5.32 Å². The van der Waals surface area contributed by atoms with Gasteiger partial charge in [0.05, 0.1) is 12.4 Å². The van der Waals surface area contributed by atoms with Crippen LogP contribution >= 0.6 is 0 Å². The molecule has 1 atom stereocenters. The first kappa shape index (κ1) is 12.8. The van der Waals surface area contributed by atoms with Crippen molar-refractivity contribution >= 4 is 11.7 Å². The number of amides is 1. The number of anilines is 1. The van der Waals surface area contributed by atoms with Gasteiger partial charge in [0.15, 0.2) is 0 Å². The number of carbonyl (C=O) groups is 1. The number of nitrogens with zero attached hydrogens (tertiary/aromatic N) is 3. The van der Waals surface area contributed by atoms with Gasteiger partial charge in [-0.3, -0.25) is 4.79 Å². The van der Waals surface area contributed by atoms with Gasteiger partial charge in [0, 0.05) is 32.2 Å². The van der Waals surface area contributed by atoms with Crippen LogP contribution in [-0.2, 0) is 0 Å². The van der Waals surface area contributed by atoms with E-state index in [-0.39, 0.29) is 18.4 Å². The third-order valence-electron chi connectivity index (χ3n) is 3.06. The van der Waals surface area contributed by atoms with Gasteiger partial charge < -0.3 is 15.3 Å². The molecule has 0 bridgehead atoms. The minimum Gasteiger partial charge on any atom is -0.396 e. The molecule has 1 amide bonds. The molecule has 18 heavy (non-hydrogen) atoms. The molecule has 0 aromatic carbocycles. The predicted octanol–water partition coefficient (Wildman–Crippen LogP) is 0.363. The van der Waals surface area contributed by atoms with E-state index in [0.29, 0.717) is 24.6 Å². The van der Waals surface area contributed by atoms with E-state index in [0.717, 1.165) is 13.0 Å². The van der Waals surface area contributed by atoms with Crippen LogP contribution in [0.5, 0.6) is 0 Å². The van der Waals surface area contributed by atoms with Gasteiger partial charge in [-0.25, -0.2) is 9.97 Å². The van der Waals surface area contributed by atoms with Crippen molar-refractivity contribution in [2.75, 3.05) is 31.6 Å². The lowest BCUT2D eigenvalue weighted by atomic mass is 10.1. The number of likely N-dealkylation sites (tertiary alicyclic amines) is 1. The molecular formula is C12H18N4O2. The Kier molecular flexibility index (Phi) is 4.09. The lowest BCUT2D eigenvalue weighted by Gasteiger charge is -2.15. The van der Waals surface area contributed by atoms with Crippen molar-refractivity contribution in [3.8, 4) is 0 Å². The van der Waals surface area contributed by atoms with Crippen molar-refractivity contribution in [1.82, 2.24) is 14.9 Å².